The molecule has 1 atom stereocenters. The Morgan fingerprint density at radius 2 is 2.17 bits per heavy atom. The van der Waals surface area contributed by atoms with Crippen molar-refractivity contribution < 1.29 is 14.3 Å². The van der Waals surface area contributed by atoms with Crippen molar-refractivity contribution in [2.24, 2.45) is 0 Å². The highest BCUT2D eigenvalue weighted by atomic mass is 16.5. The second kappa shape index (κ2) is 7.95. The van der Waals surface area contributed by atoms with E-state index in [0.717, 1.165) is 10.9 Å². The fourth-order valence-electron chi connectivity index (χ4n) is 2.24. The number of aromatic nitrogens is 1. The summed E-state index contributed by atoms with van der Waals surface area (Å²) in [7, 11) is 1.29. The van der Waals surface area contributed by atoms with Crippen LogP contribution in [0.4, 0.5) is 0 Å². The minimum Gasteiger partial charge on any atom is -0.467 e. The number of hydrogen-bond donors (Lipinski definition) is 1. The van der Waals surface area contributed by atoms with E-state index in [1.54, 1.807) is 6.07 Å². The molecule has 23 heavy (non-hydrogen) atoms. The molecule has 2 rings (SSSR count). The lowest BCUT2D eigenvalue weighted by molar-refractivity contribution is -0.143. The Morgan fingerprint density at radius 1 is 1.39 bits per heavy atom. The number of nitrogens with zero attached hydrogens (tertiary/aromatic N) is 1. The first-order valence-corrected chi connectivity index (χ1v) is 7.32. The van der Waals surface area contributed by atoms with Crippen LogP contribution in [0.2, 0.25) is 0 Å². The Balaban J connectivity index is 2.12. The first-order chi connectivity index (χ1) is 11.2. The number of rotatable bonds is 6. The Kier molecular flexibility index (Phi) is 5.70. The Labute approximate surface area is 135 Å². The maximum Gasteiger partial charge on any atom is 0.328 e. The molecule has 0 spiro atoms. The zero-order valence-electron chi connectivity index (χ0n) is 12.9. The zero-order valence-corrected chi connectivity index (χ0v) is 12.9. The fraction of sp³-hybridized carbons (Fsp3) is 0.278. The Hall–Kier alpha value is -2.87. The van der Waals surface area contributed by atoms with Crippen LogP contribution >= 0.6 is 0 Å². The zero-order chi connectivity index (χ0) is 16.7. The molecule has 0 aliphatic carbocycles. The van der Waals surface area contributed by atoms with E-state index in [4.69, 9.17) is 11.2 Å². The molecule has 0 saturated carbocycles. The van der Waals surface area contributed by atoms with Crippen molar-refractivity contribution in [3.05, 3.63) is 42.1 Å². The lowest BCUT2D eigenvalue weighted by Gasteiger charge is -2.16. The smallest absolute Gasteiger partial charge is 0.328 e. The van der Waals surface area contributed by atoms with Gasteiger partial charge in [-0.2, -0.15) is 0 Å². The van der Waals surface area contributed by atoms with Gasteiger partial charge >= 0.3 is 5.97 Å². The second-order valence-corrected chi connectivity index (χ2v) is 5.06. The van der Waals surface area contributed by atoms with E-state index in [1.165, 1.54) is 13.3 Å². The molecule has 118 valence electrons. The van der Waals surface area contributed by atoms with E-state index < -0.39 is 12.0 Å². The number of unbranched alkanes of at least 4 members (excludes halogenated alkanes) is 1. The molecule has 0 radical (unpaired) electrons. The predicted octanol–water partition coefficient (Wildman–Crippen LogP) is 2.31. The average molecular weight is 310 g/mol. The van der Waals surface area contributed by atoms with Crippen molar-refractivity contribution in [3.63, 3.8) is 0 Å². The van der Waals surface area contributed by atoms with Crippen molar-refractivity contribution in [2.75, 3.05) is 7.11 Å². The van der Waals surface area contributed by atoms with E-state index in [-0.39, 0.29) is 5.91 Å². The molecule has 5 heteroatoms. The molecule has 1 amide bonds. The molecule has 1 heterocycles. The van der Waals surface area contributed by atoms with E-state index in [2.05, 4.69) is 16.2 Å². The van der Waals surface area contributed by atoms with Gasteiger partial charge in [-0.25, -0.2) is 4.79 Å². The fourth-order valence-corrected chi connectivity index (χ4v) is 2.24. The molecule has 1 aromatic heterocycles. The Morgan fingerprint density at radius 3 is 2.91 bits per heavy atom. The third kappa shape index (κ3) is 4.30. The van der Waals surface area contributed by atoms with Crippen molar-refractivity contribution in [3.8, 4) is 12.3 Å². The highest BCUT2D eigenvalue weighted by Crippen LogP contribution is 2.13. The summed E-state index contributed by atoms with van der Waals surface area (Å²) >= 11 is 0. The Bertz CT molecular complexity index is 749. The van der Waals surface area contributed by atoms with Crippen LogP contribution in [0.15, 0.2) is 36.5 Å². The average Bonchev–Trinajstić information content (AvgIpc) is 2.59. The van der Waals surface area contributed by atoms with Crippen LogP contribution in [-0.2, 0) is 9.53 Å². The number of fused-ring (bicyclic) bond motifs is 1. The topological polar surface area (TPSA) is 68.3 Å². The van der Waals surface area contributed by atoms with Gasteiger partial charge < -0.3 is 10.1 Å². The molecule has 0 unspecified atom stereocenters. The molecule has 1 N–H and O–H groups in total. The molecular formula is C18H18N2O3. The summed E-state index contributed by atoms with van der Waals surface area (Å²) in [6.45, 7) is 0. The molecule has 0 fully saturated rings. The summed E-state index contributed by atoms with van der Waals surface area (Å²) in [5.74, 6) is 1.67. The first-order valence-electron chi connectivity index (χ1n) is 7.32. The van der Waals surface area contributed by atoms with Crippen LogP contribution in [0.3, 0.4) is 0 Å². The number of esters is 1. The van der Waals surface area contributed by atoms with Crippen molar-refractivity contribution >= 4 is 22.8 Å². The van der Waals surface area contributed by atoms with Gasteiger partial charge in [0.15, 0.2) is 0 Å². The molecule has 0 bridgehead atoms. The number of methoxy groups -OCH3 is 1. The van der Waals surface area contributed by atoms with Gasteiger partial charge in [0.25, 0.3) is 5.91 Å². The van der Waals surface area contributed by atoms with Crippen LogP contribution in [0.1, 0.15) is 29.6 Å². The van der Waals surface area contributed by atoms with E-state index in [1.807, 2.05) is 24.3 Å². The first kappa shape index (κ1) is 16.5. The molecule has 1 aromatic carbocycles. The van der Waals surface area contributed by atoms with Crippen molar-refractivity contribution in [1.29, 1.82) is 0 Å². The van der Waals surface area contributed by atoms with Gasteiger partial charge in [-0.1, -0.05) is 18.2 Å². The van der Waals surface area contributed by atoms with Crippen molar-refractivity contribution in [2.45, 2.75) is 25.3 Å². The van der Waals surface area contributed by atoms with Crippen LogP contribution in [0.5, 0.6) is 0 Å². The molecule has 0 aliphatic heterocycles. The highest BCUT2D eigenvalue weighted by Gasteiger charge is 2.21. The number of amides is 1. The number of carbonyl (C=O) groups is 2. The summed E-state index contributed by atoms with van der Waals surface area (Å²) in [6.07, 6.45) is 8.31. The molecule has 5 nitrogen and oxygen atoms in total. The lowest BCUT2D eigenvalue weighted by Crippen LogP contribution is -2.41. The predicted molar refractivity (Wildman–Crippen MR) is 87.7 cm³/mol. The van der Waals surface area contributed by atoms with Crippen LogP contribution in [0.25, 0.3) is 10.9 Å². The van der Waals surface area contributed by atoms with Gasteiger partial charge in [0.05, 0.1) is 18.2 Å². The molecule has 0 aliphatic rings. The SMILES string of the molecule is C#CCCC[C@H](NC(=O)c1cnc2ccccc2c1)C(=O)OC. The summed E-state index contributed by atoms with van der Waals surface area (Å²) in [5, 5.41) is 3.55. The maximum atomic E-state index is 12.4. The highest BCUT2D eigenvalue weighted by molar-refractivity contribution is 5.99. The van der Waals surface area contributed by atoms with Crippen LogP contribution < -0.4 is 5.32 Å². The molecule has 2 aromatic rings. The molecule has 0 saturated heterocycles. The van der Waals surface area contributed by atoms with E-state index >= 15 is 0 Å². The van der Waals surface area contributed by atoms with Gasteiger partial charge in [0, 0.05) is 18.0 Å². The lowest BCUT2D eigenvalue weighted by atomic mass is 10.1. The van der Waals surface area contributed by atoms with E-state index in [0.29, 0.717) is 24.8 Å². The monoisotopic (exact) mass is 310 g/mol. The van der Waals surface area contributed by atoms with Crippen molar-refractivity contribution in [1.82, 2.24) is 10.3 Å². The number of carbonyl (C=O) groups excluding carboxylic acids is 2. The number of ether oxygens (including phenoxy) is 1. The van der Waals surface area contributed by atoms with Gasteiger partial charge in [0.1, 0.15) is 6.04 Å². The minimum atomic E-state index is -0.715. The van der Waals surface area contributed by atoms with Crippen LogP contribution in [0, 0.1) is 12.3 Å². The number of hydrogen-bond acceptors (Lipinski definition) is 4. The number of para-hydroxylation sites is 1. The van der Waals surface area contributed by atoms with Gasteiger partial charge in [0.2, 0.25) is 0 Å². The third-order valence-corrected chi connectivity index (χ3v) is 3.46. The number of pyridine rings is 1. The standard InChI is InChI=1S/C18H18N2O3/c1-3-4-5-10-16(18(22)23-2)20-17(21)14-11-13-8-6-7-9-15(13)19-12-14/h1,6-9,11-12,16H,4-5,10H2,2H3,(H,20,21)/t16-/m0/s1. The number of terminal acetylenes is 1. The van der Waals surface area contributed by atoms with Gasteiger partial charge in [-0.3, -0.25) is 9.78 Å². The van der Waals surface area contributed by atoms with Gasteiger partial charge in [-0.05, 0) is 25.0 Å². The normalized spacial score (nSPS) is 11.5. The third-order valence-electron chi connectivity index (χ3n) is 3.46. The molecular weight excluding hydrogens is 292 g/mol. The van der Waals surface area contributed by atoms with Crippen LogP contribution in [-0.4, -0.2) is 30.0 Å². The second-order valence-electron chi connectivity index (χ2n) is 5.06. The number of benzene rings is 1. The number of nitrogens with one attached hydrogen (secondary N) is 1. The largest absolute Gasteiger partial charge is 0.467 e. The summed E-state index contributed by atoms with van der Waals surface area (Å²) in [5.41, 5.74) is 1.21. The van der Waals surface area contributed by atoms with E-state index in [9.17, 15) is 9.59 Å². The quantitative estimate of drug-likeness (QED) is 0.505. The van der Waals surface area contributed by atoms with Gasteiger partial charge in [-0.15, -0.1) is 12.3 Å². The maximum absolute atomic E-state index is 12.4. The summed E-state index contributed by atoms with van der Waals surface area (Å²) in [4.78, 5) is 28.4. The summed E-state index contributed by atoms with van der Waals surface area (Å²) in [6, 6.07) is 8.54. The summed E-state index contributed by atoms with van der Waals surface area (Å²) < 4.78 is 4.73. The minimum absolute atomic E-state index is 0.362.